The van der Waals surface area contributed by atoms with Gasteiger partial charge in [0.2, 0.25) is 0 Å². The van der Waals surface area contributed by atoms with Gasteiger partial charge in [-0.05, 0) is 42.5 Å². The summed E-state index contributed by atoms with van der Waals surface area (Å²) in [5, 5.41) is 13.1. The molecule has 3 heteroatoms. The molecule has 2 aromatic carbocycles. The lowest BCUT2D eigenvalue weighted by molar-refractivity contribution is 0.0915. The van der Waals surface area contributed by atoms with Crippen molar-refractivity contribution in [2.45, 2.75) is 39.7 Å². The van der Waals surface area contributed by atoms with Gasteiger partial charge in [-0.1, -0.05) is 55.8 Å². The van der Waals surface area contributed by atoms with E-state index in [-0.39, 0.29) is 12.5 Å². The fraction of sp³-hybridized carbons (Fsp3) is 0.350. The van der Waals surface area contributed by atoms with Crippen molar-refractivity contribution in [2.24, 2.45) is 0 Å². The third-order valence-corrected chi connectivity index (χ3v) is 4.08. The number of hydrogen-bond acceptors (Lipinski definition) is 2. The quantitative estimate of drug-likeness (QED) is 0.880. The number of hydrogen-bond donors (Lipinski definition) is 2. The topological polar surface area (TPSA) is 49.3 Å². The summed E-state index contributed by atoms with van der Waals surface area (Å²) in [7, 11) is 0. The van der Waals surface area contributed by atoms with Crippen LogP contribution in [0.3, 0.4) is 0 Å². The Bertz CT molecular complexity index is 675. The molecule has 0 bridgehead atoms. The predicted molar refractivity (Wildman–Crippen MR) is 93.7 cm³/mol. The maximum absolute atomic E-state index is 12.3. The number of carbonyl (C=O) groups is 1. The van der Waals surface area contributed by atoms with Crippen molar-refractivity contribution in [2.75, 3.05) is 6.54 Å². The molecule has 1 unspecified atom stereocenters. The SMILES string of the molecule is Cc1ccc(C)c(C(=O)NCC(O)c2ccc(C(C)C)cc2)c1. The lowest BCUT2D eigenvalue weighted by Crippen LogP contribution is -2.29. The molecule has 2 aromatic rings. The molecule has 1 amide bonds. The summed E-state index contributed by atoms with van der Waals surface area (Å²) in [5.41, 5.74) is 4.69. The lowest BCUT2D eigenvalue weighted by atomic mass is 10.00. The Morgan fingerprint density at radius 1 is 1.04 bits per heavy atom. The number of nitrogens with one attached hydrogen (secondary N) is 1. The van der Waals surface area contributed by atoms with Gasteiger partial charge in [-0.3, -0.25) is 4.79 Å². The van der Waals surface area contributed by atoms with Crippen LogP contribution in [-0.2, 0) is 0 Å². The number of aryl methyl sites for hydroxylation is 2. The van der Waals surface area contributed by atoms with E-state index >= 15 is 0 Å². The molecule has 3 nitrogen and oxygen atoms in total. The maximum atomic E-state index is 12.3. The Hall–Kier alpha value is -2.13. The number of rotatable bonds is 5. The smallest absolute Gasteiger partial charge is 0.251 e. The van der Waals surface area contributed by atoms with E-state index in [1.165, 1.54) is 5.56 Å². The summed E-state index contributed by atoms with van der Waals surface area (Å²) in [6.07, 6.45) is -0.703. The number of aliphatic hydroxyl groups is 1. The molecule has 0 saturated heterocycles. The molecule has 23 heavy (non-hydrogen) atoms. The van der Waals surface area contributed by atoms with Crippen LogP contribution in [0.2, 0.25) is 0 Å². The Kier molecular flexibility index (Phi) is 5.56. The van der Waals surface area contributed by atoms with Crippen LogP contribution >= 0.6 is 0 Å². The van der Waals surface area contributed by atoms with Gasteiger partial charge in [0.15, 0.2) is 0 Å². The van der Waals surface area contributed by atoms with Crippen molar-refractivity contribution in [3.05, 3.63) is 70.3 Å². The summed E-state index contributed by atoms with van der Waals surface area (Å²) in [6, 6.07) is 13.7. The van der Waals surface area contributed by atoms with Crippen molar-refractivity contribution in [3.63, 3.8) is 0 Å². The average molecular weight is 311 g/mol. The van der Waals surface area contributed by atoms with Gasteiger partial charge in [0.1, 0.15) is 0 Å². The Labute approximate surface area is 138 Å². The monoisotopic (exact) mass is 311 g/mol. The van der Waals surface area contributed by atoms with Gasteiger partial charge in [0.05, 0.1) is 6.10 Å². The third kappa shape index (κ3) is 4.42. The highest BCUT2D eigenvalue weighted by Gasteiger charge is 2.13. The summed E-state index contributed by atoms with van der Waals surface area (Å²) < 4.78 is 0. The normalized spacial score (nSPS) is 12.3. The lowest BCUT2D eigenvalue weighted by Gasteiger charge is -2.14. The van der Waals surface area contributed by atoms with Crippen LogP contribution in [0.1, 0.15) is 58.5 Å². The first-order valence-corrected chi connectivity index (χ1v) is 8.02. The van der Waals surface area contributed by atoms with E-state index < -0.39 is 6.10 Å². The average Bonchev–Trinajstić information content (AvgIpc) is 2.54. The summed E-state index contributed by atoms with van der Waals surface area (Å²) in [4.78, 5) is 12.3. The van der Waals surface area contributed by atoms with Crippen LogP contribution in [0.4, 0.5) is 0 Å². The minimum Gasteiger partial charge on any atom is -0.387 e. The van der Waals surface area contributed by atoms with Crippen molar-refractivity contribution < 1.29 is 9.90 Å². The first kappa shape index (κ1) is 17.2. The largest absolute Gasteiger partial charge is 0.387 e. The molecule has 0 aliphatic carbocycles. The van der Waals surface area contributed by atoms with Gasteiger partial charge in [-0.25, -0.2) is 0 Å². The Morgan fingerprint density at radius 3 is 2.26 bits per heavy atom. The summed E-state index contributed by atoms with van der Waals surface area (Å²) in [6.45, 7) is 8.34. The molecule has 122 valence electrons. The standard InChI is InChI=1S/C20H25NO2/c1-13(2)16-7-9-17(10-8-16)19(22)12-21-20(23)18-11-14(3)5-6-15(18)4/h5-11,13,19,22H,12H2,1-4H3,(H,21,23). The minimum atomic E-state index is -0.703. The Morgan fingerprint density at radius 2 is 1.65 bits per heavy atom. The second kappa shape index (κ2) is 7.42. The molecule has 2 rings (SSSR count). The second-order valence-corrected chi connectivity index (χ2v) is 6.37. The molecule has 1 atom stereocenters. The molecule has 0 radical (unpaired) electrons. The van der Waals surface area contributed by atoms with Gasteiger partial charge >= 0.3 is 0 Å². The minimum absolute atomic E-state index is 0.149. The van der Waals surface area contributed by atoms with Crippen molar-refractivity contribution >= 4 is 5.91 Å². The first-order valence-electron chi connectivity index (χ1n) is 8.02. The molecule has 0 saturated carbocycles. The zero-order chi connectivity index (χ0) is 17.0. The van der Waals surface area contributed by atoms with Gasteiger partial charge in [0, 0.05) is 12.1 Å². The zero-order valence-electron chi connectivity index (χ0n) is 14.3. The van der Waals surface area contributed by atoms with Crippen LogP contribution in [-0.4, -0.2) is 17.6 Å². The van der Waals surface area contributed by atoms with Crippen LogP contribution < -0.4 is 5.32 Å². The van der Waals surface area contributed by atoms with E-state index in [0.717, 1.165) is 16.7 Å². The van der Waals surface area contributed by atoms with Crippen LogP contribution in [0.5, 0.6) is 0 Å². The molecule has 0 heterocycles. The molecular formula is C20H25NO2. The van der Waals surface area contributed by atoms with Crippen LogP contribution in [0.25, 0.3) is 0 Å². The van der Waals surface area contributed by atoms with Crippen molar-refractivity contribution in [3.8, 4) is 0 Å². The van der Waals surface area contributed by atoms with E-state index in [0.29, 0.717) is 11.5 Å². The fourth-order valence-electron chi connectivity index (χ4n) is 2.49. The van der Waals surface area contributed by atoms with Gasteiger partial charge in [0.25, 0.3) is 5.91 Å². The van der Waals surface area contributed by atoms with E-state index in [1.807, 2.05) is 56.3 Å². The van der Waals surface area contributed by atoms with Crippen molar-refractivity contribution in [1.82, 2.24) is 5.32 Å². The predicted octanol–water partition coefficient (Wildman–Crippen LogP) is 3.89. The van der Waals surface area contributed by atoms with Crippen molar-refractivity contribution in [1.29, 1.82) is 0 Å². The molecule has 0 aliphatic rings. The summed E-state index contributed by atoms with van der Waals surface area (Å²) in [5.74, 6) is 0.314. The Balaban J connectivity index is 1.99. The van der Waals surface area contributed by atoms with Crippen LogP contribution in [0.15, 0.2) is 42.5 Å². The third-order valence-electron chi connectivity index (χ3n) is 4.08. The molecular weight excluding hydrogens is 286 g/mol. The van der Waals surface area contributed by atoms with Gasteiger partial charge < -0.3 is 10.4 Å². The highest BCUT2D eigenvalue weighted by molar-refractivity contribution is 5.95. The zero-order valence-corrected chi connectivity index (χ0v) is 14.3. The van der Waals surface area contributed by atoms with E-state index in [9.17, 15) is 9.90 Å². The highest BCUT2D eigenvalue weighted by atomic mass is 16.3. The molecule has 0 aliphatic heterocycles. The number of benzene rings is 2. The molecule has 0 spiro atoms. The summed E-state index contributed by atoms with van der Waals surface area (Å²) >= 11 is 0. The van der Waals surface area contributed by atoms with E-state index in [4.69, 9.17) is 0 Å². The number of amides is 1. The highest BCUT2D eigenvalue weighted by Crippen LogP contribution is 2.18. The van der Waals surface area contributed by atoms with E-state index in [1.54, 1.807) is 0 Å². The number of carbonyl (C=O) groups excluding carboxylic acids is 1. The molecule has 0 fully saturated rings. The van der Waals surface area contributed by atoms with Crippen LogP contribution in [0, 0.1) is 13.8 Å². The van der Waals surface area contributed by atoms with Gasteiger partial charge in [-0.15, -0.1) is 0 Å². The fourth-order valence-corrected chi connectivity index (χ4v) is 2.49. The molecule has 0 aromatic heterocycles. The molecule has 2 N–H and O–H groups in total. The van der Waals surface area contributed by atoms with E-state index in [2.05, 4.69) is 19.2 Å². The number of aliphatic hydroxyl groups excluding tert-OH is 1. The second-order valence-electron chi connectivity index (χ2n) is 6.37. The first-order chi connectivity index (χ1) is 10.9. The van der Waals surface area contributed by atoms with Gasteiger partial charge in [-0.2, -0.15) is 0 Å². The maximum Gasteiger partial charge on any atom is 0.251 e.